The summed E-state index contributed by atoms with van der Waals surface area (Å²) in [7, 11) is 0. The highest BCUT2D eigenvalue weighted by atomic mass is 16.4. The number of nitrogens with zero attached hydrogens (tertiary/aromatic N) is 4. The van der Waals surface area contributed by atoms with Gasteiger partial charge in [-0.1, -0.05) is 17.3 Å². The van der Waals surface area contributed by atoms with Gasteiger partial charge in [-0.25, -0.2) is 4.68 Å². The molecule has 0 bridgehead atoms. The molecule has 8 heteroatoms. The first-order valence-corrected chi connectivity index (χ1v) is 9.12. The maximum Gasteiger partial charge on any atom is 0.317 e. The van der Waals surface area contributed by atoms with E-state index in [0.29, 0.717) is 5.92 Å². The molecule has 2 aromatic rings. The van der Waals surface area contributed by atoms with E-state index >= 15 is 0 Å². The molecule has 138 valence electrons. The monoisotopic (exact) mass is 357 g/mol. The zero-order chi connectivity index (χ0) is 18.1. The average Bonchev–Trinajstić information content (AvgIpc) is 3.29. The van der Waals surface area contributed by atoms with Crippen LogP contribution in [0.4, 0.5) is 0 Å². The lowest BCUT2D eigenvalue weighted by atomic mass is 9.85. The Kier molecular flexibility index (Phi) is 4.58. The molecule has 26 heavy (non-hydrogen) atoms. The Morgan fingerprint density at radius 2 is 2.04 bits per heavy atom. The fourth-order valence-electron chi connectivity index (χ4n) is 3.60. The highest BCUT2D eigenvalue weighted by Crippen LogP contribution is 2.33. The Bertz CT molecular complexity index is 810. The second-order valence-electron chi connectivity index (χ2n) is 7.39. The van der Waals surface area contributed by atoms with Crippen molar-refractivity contribution in [2.75, 3.05) is 13.1 Å². The number of hydrogen-bond acceptors (Lipinski definition) is 5. The van der Waals surface area contributed by atoms with Crippen molar-refractivity contribution in [1.82, 2.24) is 25.2 Å². The van der Waals surface area contributed by atoms with Gasteiger partial charge < -0.3 is 10.4 Å². The summed E-state index contributed by atoms with van der Waals surface area (Å²) in [6.45, 7) is 1.10. The lowest BCUT2D eigenvalue weighted by Gasteiger charge is -2.42. The van der Waals surface area contributed by atoms with Crippen LogP contribution in [0.3, 0.4) is 0 Å². The number of aliphatic carboxylic acids is 1. The Morgan fingerprint density at radius 1 is 1.27 bits per heavy atom. The van der Waals surface area contributed by atoms with Gasteiger partial charge in [-0.15, -0.1) is 5.10 Å². The smallest absolute Gasteiger partial charge is 0.317 e. The summed E-state index contributed by atoms with van der Waals surface area (Å²) in [6.07, 6.45) is 4.03. The molecule has 2 aliphatic carbocycles. The Hall–Kier alpha value is -2.48. The average molecular weight is 357 g/mol. The molecule has 0 spiro atoms. The first kappa shape index (κ1) is 17.0. The highest BCUT2D eigenvalue weighted by Gasteiger charge is 2.37. The van der Waals surface area contributed by atoms with Crippen LogP contribution in [0.2, 0.25) is 0 Å². The zero-order valence-corrected chi connectivity index (χ0v) is 14.5. The van der Waals surface area contributed by atoms with E-state index < -0.39 is 5.97 Å². The van der Waals surface area contributed by atoms with Crippen LogP contribution in [0.25, 0.3) is 11.0 Å². The summed E-state index contributed by atoms with van der Waals surface area (Å²) in [4.78, 5) is 25.4. The number of carbonyl (C=O) groups excluding carboxylic acids is 1. The van der Waals surface area contributed by atoms with E-state index in [2.05, 4.69) is 20.5 Å². The van der Waals surface area contributed by atoms with Crippen molar-refractivity contribution in [2.24, 2.45) is 5.92 Å². The van der Waals surface area contributed by atoms with Gasteiger partial charge in [0, 0.05) is 18.6 Å². The van der Waals surface area contributed by atoms with E-state index in [1.165, 1.54) is 12.8 Å². The van der Waals surface area contributed by atoms with Crippen LogP contribution in [0.5, 0.6) is 0 Å². The minimum Gasteiger partial charge on any atom is -0.480 e. The molecule has 1 aromatic heterocycles. The molecule has 0 atom stereocenters. The fraction of sp³-hybridized carbons (Fsp3) is 0.556. The molecule has 2 aliphatic rings. The summed E-state index contributed by atoms with van der Waals surface area (Å²) >= 11 is 0. The van der Waals surface area contributed by atoms with Gasteiger partial charge in [0.25, 0.3) is 0 Å². The van der Waals surface area contributed by atoms with E-state index in [0.717, 1.165) is 30.4 Å². The number of rotatable bonds is 8. The van der Waals surface area contributed by atoms with Crippen LogP contribution < -0.4 is 5.32 Å². The second kappa shape index (κ2) is 7.03. The fourth-order valence-corrected chi connectivity index (χ4v) is 3.60. The summed E-state index contributed by atoms with van der Waals surface area (Å²) < 4.78 is 1.60. The lowest BCUT2D eigenvalue weighted by Crippen LogP contribution is -2.55. The van der Waals surface area contributed by atoms with Gasteiger partial charge in [0.15, 0.2) is 0 Å². The van der Waals surface area contributed by atoms with Gasteiger partial charge in [-0.2, -0.15) is 0 Å². The third-order valence-corrected chi connectivity index (χ3v) is 5.24. The minimum absolute atomic E-state index is 0.0870. The van der Waals surface area contributed by atoms with Crippen LogP contribution in [0.1, 0.15) is 25.7 Å². The summed E-state index contributed by atoms with van der Waals surface area (Å²) in [5, 5.41) is 20.2. The van der Waals surface area contributed by atoms with E-state index in [1.807, 2.05) is 24.3 Å². The molecular weight excluding hydrogens is 334 g/mol. The molecule has 4 rings (SSSR count). The summed E-state index contributed by atoms with van der Waals surface area (Å²) in [5.74, 6) is -0.212. The number of nitrogens with one attached hydrogen (secondary N) is 1. The number of para-hydroxylation sites is 1. The van der Waals surface area contributed by atoms with E-state index in [-0.39, 0.29) is 31.1 Å². The van der Waals surface area contributed by atoms with E-state index in [1.54, 1.807) is 4.68 Å². The van der Waals surface area contributed by atoms with Gasteiger partial charge in [0.1, 0.15) is 12.1 Å². The number of fused-ring (bicyclic) bond motifs is 1. The van der Waals surface area contributed by atoms with Crippen LogP contribution in [-0.2, 0) is 16.1 Å². The third kappa shape index (κ3) is 3.85. The molecule has 2 saturated carbocycles. The molecule has 1 aromatic carbocycles. The maximum atomic E-state index is 12.3. The van der Waals surface area contributed by atoms with Crippen LogP contribution in [0, 0.1) is 5.92 Å². The first-order chi connectivity index (χ1) is 12.6. The molecular formula is C18H23N5O3. The van der Waals surface area contributed by atoms with Crippen molar-refractivity contribution >= 4 is 22.9 Å². The Morgan fingerprint density at radius 3 is 2.77 bits per heavy atom. The number of carboxylic acid groups (broad SMARTS) is 1. The van der Waals surface area contributed by atoms with Crippen molar-refractivity contribution in [1.29, 1.82) is 0 Å². The standard InChI is InChI=1S/C18H23N5O3/c24-17(10-23-16-4-2-1-3-15(16)20-21-23)19-13-7-14(8-13)22(11-18(25)26)9-12-5-6-12/h1-4,12-14H,5-11H2,(H,19,24)(H,25,26). The van der Waals surface area contributed by atoms with E-state index in [9.17, 15) is 9.59 Å². The molecule has 1 heterocycles. The number of carboxylic acids is 1. The van der Waals surface area contributed by atoms with Gasteiger partial charge in [0.2, 0.25) is 5.91 Å². The molecule has 0 radical (unpaired) electrons. The Balaban J connectivity index is 1.27. The lowest BCUT2D eigenvalue weighted by molar-refractivity contribution is -0.140. The maximum absolute atomic E-state index is 12.3. The second-order valence-corrected chi connectivity index (χ2v) is 7.39. The predicted octanol–water partition coefficient (Wildman–Crippen LogP) is 0.875. The number of benzene rings is 1. The molecule has 0 saturated heterocycles. The summed E-state index contributed by atoms with van der Waals surface area (Å²) in [6, 6.07) is 7.91. The molecule has 8 nitrogen and oxygen atoms in total. The van der Waals surface area contributed by atoms with Crippen molar-refractivity contribution in [3.63, 3.8) is 0 Å². The van der Waals surface area contributed by atoms with Gasteiger partial charge in [0.05, 0.1) is 12.1 Å². The van der Waals surface area contributed by atoms with Crippen LogP contribution in [-0.4, -0.2) is 62.0 Å². The highest BCUT2D eigenvalue weighted by molar-refractivity contribution is 5.80. The topological polar surface area (TPSA) is 100 Å². The molecule has 0 aliphatic heterocycles. The number of amides is 1. The predicted molar refractivity (Wildman–Crippen MR) is 94.4 cm³/mol. The molecule has 2 N–H and O–H groups in total. The van der Waals surface area contributed by atoms with Crippen LogP contribution >= 0.6 is 0 Å². The van der Waals surface area contributed by atoms with Crippen molar-refractivity contribution in [2.45, 2.75) is 44.3 Å². The molecule has 1 amide bonds. The van der Waals surface area contributed by atoms with Crippen molar-refractivity contribution in [3.05, 3.63) is 24.3 Å². The summed E-state index contributed by atoms with van der Waals surface area (Å²) in [5.41, 5.74) is 1.61. The number of aromatic nitrogens is 3. The molecule has 2 fully saturated rings. The van der Waals surface area contributed by atoms with Gasteiger partial charge in [-0.05, 0) is 43.7 Å². The zero-order valence-electron chi connectivity index (χ0n) is 14.5. The largest absolute Gasteiger partial charge is 0.480 e. The van der Waals surface area contributed by atoms with E-state index in [4.69, 9.17) is 5.11 Å². The minimum atomic E-state index is -0.781. The Labute approximate surface area is 151 Å². The number of carbonyl (C=O) groups is 2. The first-order valence-electron chi connectivity index (χ1n) is 9.12. The normalized spacial score (nSPS) is 22.3. The quantitative estimate of drug-likeness (QED) is 0.727. The number of hydrogen-bond donors (Lipinski definition) is 2. The third-order valence-electron chi connectivity index (χ3n) is 5.24. The van der Waals surface area contributed by atoms with Gasteiger partial charge in [-0.3, -0.25) is 14.5 Å². The van der Waals surface area contributed by atoms with Crippen LogP contribution in [0.15, 0.2) is 24.3 Å². The molecule has 0 unspecified atom stereocenters. The van der Waals surface area contributed by atoms with Gasteiger partial charge >= 0.3 is 5.97 Å². The SMILES string of the molecule is O=C(O)CN(CC1CC1)C1CC(NC(=O)Cn2nnc3ccccc32)C1. The van der Waals surface area contributed by atoms with Crippen molar-refractivity contribution in [3.8, 4) is 0 Å². The van der Waals surface area contributed by atoms with Crippen molar-refractivity contribution < 1.29 is 14.7 Å².